The van der Waals surface area contributed by atoms with Crippen molar-refractivity contribution >= 4 is 5.97 Å². The summed E-state index contributed by atoms with van der Waals surface area (Å²) in [6.45, 7) is 4.03. The maximum Gasteiger partial charge on any atom is 0.323 e. The Labute approximate surface area is 96.6 Å². The number of ether oxygens (including phenoxy) is 1. The molecule has 1 N–H and O–H groups in total. The van der Waals surface area contributed by atoms with Crippen LogP contribution in [0, 0.1) is 5.92 Å². The smallest absolute Gasteiger partial charge is 0.323 e. The lowest BCUT2D eigenvalue weighted by Crippen LogP contribution is -2.53. The Hall–Kier alpha value is -0.610. The van der Waals surface area contributed by atoms with Gasteiger partial charge in [-0.1, -0.05) is 13.3 Å². The van der Waals surface area contributed by atoms with Crippen LogP contribution in [0.3, 0.4) is 0 Å². The highest BCUT2D eigenvalue weighted by Gasteiger charge is 2.37. The molecule has 1 saturated carbocycles. The second-order valence-electron chi connectivity index (χ2n) is 4.91. The Morgan fingerprint density at radius 1 is 1.50 bits per heavy atom. The summed E-state index contributed by atoms with van der Waals surface area (Å²) in [6.07, 6.45) is 4.80. The molecular weight excluding hydrogens is 206 g/mol. The van der Waals surface area contributed by atoms with Gasteiger partial charge in [0.1, 0.15) is 6.04 Å². The average molecular weight is 227 g/mol. The second-order valence-corrected chi connectivity index (χ2v) is 4.91. The van der Waals surface area contributed by atoms with Crippen molar-refractivity contribution in [2.24, 2.45) is 5.92 Å². The van der Waals surface area contributed by atoms with Crippen LogP contribution in [0.4, 0.5) is 0 Å². The number of nitrogens with zero attached hydrogens (tertiary/aromatic N) is 1. The number of morpholine rings is 1. The predicted octanol–water partition coefficient (Wildman–Crippen LogP) is 1.35. The standard InChI is InChI=1S/C12H21NO3/c1-2-9-3-4-10(7-9)13-5-6-16-8-11(13)12(14)15/h9-11H,2-8H2,1H3,(H,14,15). The molecule has 2 rings (SSSR count). The Kier molecular flexibility index (Phi) is 3.82. The molecule has 1 aliphatic carbocycles. The molecule has 0 amide bonds. The van der Waals surface area contributed by atoms with Crippen LogP contribution in [0.1, 0.15) is 32.6 Å². The fourth-order valence-electron chi connectivity index (χ4n) is 2.99. The third-order valence-electron chi connectivity index (χ3n) is 4.01. The van der Waals surface area contributed by atoms with Crippen LogP contribution in [-0.4, -0.2) is 47.8 Å². The molecule has 0 radical (unpaired) electrons. The van der Waals surface area contributed by atoms with Crippen molar-refractivity contribution in [1.82, 2.24) is 4.90 Å². The molecule has 2 fully saturated rings. The summed E-state index contributed by atoms with van der Waals surface area (Å²) < 4.78 is 5.26. The van der Waals surface area contributed by atoms with Gasteiger partial charge < -0.3 is 9.84 Å². The van der Waals surface area contributed by atoms with Crippen LogP contribution in [-0.2, 0) is 9.53 Å². The average Bonchev–Trinajstić information content (AvgIpc) is 2.77. The second kappa shape index (κ2) is 5.15. The molecule has 16 heavy (non-hydrogen) atoms. The van der Waals surface area contributed by atoms with Crippen molar-refractivity contribution in [1.29, 1.82) is 0 Å². The number of hydrogen-bond acceptors (Lipinski definition) is 3. The van der Waals surface area contributed by atoms with E-state index >= 15 is 0 Å². The zero-order chi connectivity index (χ0) is 11.5. The van der Waals surface area contributed by atoms with Crippen molar-refractivity contribution in [3.63, 3.8) is 0 Å². The molecule has 4 heteroatoms. The summed E-state index contributed by atoms with van der Waals surface area (Å²) in [5.41, 5.74) is 0. The molecule has 1 saturated heterocycles. The van der Waals surface area contributed by atoms with E-state index in [1.54, 1.807) is 0 Å². The third kappa shape index (κ3) is 2.38. The molecule has 4 nitrogen and oxygen atoms in total. The number of carboxylic acid groups (broad SMARTS) is 1. The Morgan fingerprint density at radius 2 is 2.31 bits per heavy atom. The van der Waals surface area contributed by atoms with Crippen molar-refractivity contribution in [3.05, 3.63) is 0 Å². The van der Waals surface area contributed by atoms with Crippen LogP contribution in [0.15, 0.2) is 0 Å². The van der Waals surface area contributed by atoms with E-state index in [0.29, 0.717) is 19.3 Å². The predicted molar refractivity (Wildman–Crippen MR) is 60.4 cm³/mol. The molecule has 2 aliphatic rings. The van der Waals surface area contributed by atoms with Gasteiger partial charge in [-0.05, 0) is 25.2 Å². The minimum Gasteiger partial charge on any atom is -0.480 e. The lowest BCUT2D eigenvalue weighted by Gasteiger charge is -2.37. The number of carboxylic acids is 1. The van der Waals surface area contributed by atoms with E-state index in [2.05, 4.69) is 11.8 Å². The quantitative estimate of drug-likeness (QED) is 0.790. The van der Waals surface area contributed by atoms with E-state index < -0.39 is 12.0 Å². The first-order valence-electron chi connectivity index (χ1n) is 6.28. The molecule has 0 aromatic carbocycles. The molecule has 3 atom stereocenters. The van der Waals surface area contributed by atoms with Gasteiger partial charge in [0.2, 0.25) is 0 Å². The fraction of sp³-hybridized carbons (Fsp3) is 0.917. The SMILES string of the molecule is CCC1CCC(N2CCOCC2C(=O)O)C1. The summed E-state index contributed by atoms with van der Waals surface area (Å²) >= 11 is 0. The van der Waals surface area contributed by atoms with E-state index in [1.165, 1.54) is 19.3 Å². The fourth-order valence-corrected chi connectivity index (χ4v) is 2.99. The highest BCUT2D eigenvalue weighted by atomic mass is 16.5. The first-order chi connectivity index (χ1) is 7.72. The van der Waals surface area contributed by atoms with Gasteiger partial charge in [-0.3, -0.25) is 9.69 Å². The molecule has 0 aromatic heterocycles. The largest absolute Gasteiger partial charge is 0.480 e. The Balaban J connectivity index is 1.98. The van der Waals surface area contributed by atoms with Crippen LogP contribution in [0.2, 0.25) is 0 Å². The Bertz CT molecular complexity index is 257. The van der Waals surface area contributed by atoms with E-state index in [1.807, 2.05) is 0 Å². The van der Waals surface area contributed by atoms with Crippen molar-refractivity contribution < 1.29 is 14.6 Å². The van der Waals surface area contributed by atoms with E-state index in [9.17, 15) is 9.90 Å². The highest BCUT2D eigenvalue weighted by molar-refractivity contribution is 5.73. The van der Waals surface area contributed by atoms with Gasteiger partial charge >= 0.3 is 5.97 Å². The summed E-state index contributed by atoms with van der Waals surface area (Å²) in [7, 11) is 0. The number of rotatable bonds is 3. The van der Waals surface area contributed by atoms with Crippen molar-refractivity contribution in [2.75, 3.05) is 19.8 Å². The molecule has 0 bridgehead atoms. The number of carbonyl (C=O) groups is 1. The van der Waals surface area contributed by atoms with Crippen LogP contribution in [0.5, 0.6) is 0 Å². The topological polar surface area (TPSA) is 49.8 Å². The molecule has 0 spiro atoms. The molecule has 1 aliphatic heterocycles. The normalized spacial score (nSPS) is 36.4. The molecule has 92 valence electrons. The first-order valence-corrected chi connectivity index (χ1v) is 6.28. The van der Waals surface area contributed by atoms with Gasteiger partial charge in [0, 0.05) is 12.6 Å². The van der Waals surface area contributed by atoms with Crippen LogP contribution < -0.4 is 0 Å². The molecular formula is C12H21NO3. The van der Waals surface area contributed by atoms with Gasteiger partial charge in [-0.25, -0.2) is 0 Å². The zero-order valence-corrected chi connectivity index (χ0v) is 9.89. The summed E-state index contributed by atoms with van der Waals surface area (Å²) in [4.78, 5) is 13.3. The molecule has 1 heterocycles. The first kappa shape index (κ1) is 11.9. The van der Waals surface area contributed by atoms with Gasteiger partial charge in [-0.2, -0.15) is 0 Å². The Morgan fingerprint density at radius 3 is 2.94 bits per heavy atom. The van der Waals surface area contributed by atoms with E-state index in [0.717, 1.165) is 18.9 Å². The third-order valence-corrected chi connectivity index (χ3v) is 4.01. The summed E-state index contributed by atoms with van der Waals surface area (Å²) in [6, 6.07) is 0.0457. The maximum atomic E-state index is 11.2. The lowest BCUT2D eigenvalue weighted by atomic mass is 10.0. The van der Waals surface area contributed by atoms with Crippen molar-refractivity contribution in [3.8, 4) is 0 Å². The van der Waals surface area contributed by atoms with Gasteiger partial charge in [-0.15, -0.1) is 0 Å². The zero-order valence-electron chi connectivity index (χ0n) is 9.89. The van der Waals surface area contributed by atoms with Crippen LogP contribution in [0.25, 0.3) is 0 Å². The lowest BCUT2D eigenvalue weighted by molar-refractivity contribution is -0.151. The number of aliphatic carboxylic acids is 1. The molecule has 3 unspecified atom stereocenters. The van der Waals surface area contributed by atoms with Gasteiger partial charge in [0.05, 0.1) is 13.2 Å². The monoisotopic (exact) mass is 227 g/mol. The number of hydrogen-bond donors (Lipinski definition) is 1. The molecule has 0 aromatic rings. The maximum absolute atomic E-state index is 11.2. The minimum atomic E-state index is -0.736. The van der Waals surface area contributed by atoms with Gasteiger partial charge in [0.25, 0.3) is 0 Å². The van der Waals surface area contributed by atoms with E-state index in [4.69, 9.17) is 4.74 Å². The highest BCUT2D eigenvalue weighted by Crippen LogP contribution is 2.32. The van der Waals surface area contributed by atoms with E-state index in [-0.39, 0.29) is 0 Å². The summed E-state index contributed by atoms with van der Waals surface area (Å²) in [5, 5.41) is 9.17. The van der Waals surface area contributed by atoms with Gasteiger partial charge in [0.15, 0.2) is 0 Å². The minimum absolute atomic E-state index is 0.350. The van der Waals surface area contributed by atoms with Crippen molar-refractivity contribution in [2.45, 2.75) is 44.7 Å². The summed E-state index contributed by atoms with van der Waals surface area (Å²) in [5.74, 6) is 0.0574. The van der Waals surface area contributed by atoms with Crippen LogP contribution >= 0.6 is 0 Å².